The van der Waals surface area contributed by atoms with Crippen LogP contribution in [0.15, 0.2) is 48.8 Å². The molecule has 33 heavy (non-hydrogen) atoms. The SMILES string of the molecule is O=C(Nc1ccc(OC2CCN(C(=O)[C@H]3CCCO3)CC2)cc1)N1CC(c2cccnc2)C1. The number of nitrogens with one attached hydrogen (secondary N) is 1. The van der Waals surface area contributed by atoms with Crippen LogP contribution in [0.5, 0.6) is 5.75 Å². The molecule has 0 spiro atoms. The first-order valence-corrected chi connectivity index (χ1v) is 11.8. The topological polar surface area (TPSA) is 84.0 Å². The average molecular weight is 451 g/mol. The summed E-state index contributed by atoms with van der Waals surface area (Å²) in [5, 5.41) is 2.95. The molecule has 3 aliphatic heterocycles. The summed E-state index contributed by atoms with van der Waals surface area (Å²) in [6, 6.07) is 11.4. The van der Waals surface area contributed by atoms with Crippen molar-refractivity contribution in [1.29, 1.82) is 0 Å². The van der Waals surface area contributed by atoms with E-state index in [0.29, 0.717) is 38.7 Å². The van der Waals surface area contributed by atoms with E-state index in [0.717, 1.165) is 37.1 Å². The van der Waals surface area contributed by atoms with E-state index in [1.807, 2.05) is 41.4 Å². The number of aromatic nitrogens is 1. The highest BCUT2D eigenvalue weighted by molar-refractivity contribution is 5.90. The largest absolute Gasteiger partial charge is 0.490 e. The molecule has 3 saturated heterocycles. The zero-order chi connectivity index (χ0) is 22.6. The number of ether oxygens (including phenoxy) is 2. The van der Waals surface area contributed by atoms with Gasteiger partial charge < -0.3 is 24.6 Å². The molecule has 1 N–H and O–H groups in total. The number of hydrogen-bond donors (Lipinski definition) is 1. The molecule has 3 amide bonds. The van der Waals surface area contributed by atoms with Gasteiger partial charge in [0.2, 0.25) is 0 Å². The second-order valence-corrected chi connectivity index (χ2v) is 8.99. The first-order valence-electron chi connectivity index (χ1n) is 11.8. The minimum atomic E-state index is -0.247. The van der Waals surface area contributed by atoms with Gasteiger partial charge in [0.15, 0.2) is 0 Å². The summed E-state index contributed by atoms with van der Waals surface area (Å²) < 4.78 is 11.6. The second kappa shape index (κ2) is 9.79. The molecule has 0 bridgehead atoms. The van der Waals surface area contributed by atoms with Gasteiger partial charge >= 0.3 is 6.03 Å². The number of anilines is 1. The zero-order valence-corrected chi connectivity index (χ0v) is 18.7. The number of carbonyl (C=O) groups is 2. The molecule has 3 aliphatic rings. The highest BCUT2D eigenvalue weighted by Gasteiger charge is 2.32. The third-order valence-corrected chi connectivity index (χ3v) is 6.69. The van der Waals surface area contributed by atoms with Gasteiger partial charge in [-0.3, -0.25) is 9.78 Å². The van der Waals surface area contributed by atoms with Gasteiger partial charge in [0.05, 0.1) is 0 Å². The Bertz CT molecular complexity index is 948. The van der Waals surface area contributed by atoms with Crippen molar-refractivity contribution in [3.05, 3.63) is 54.4 Å². The van der Waals surface area contributed by atoms with Gasteiger partial charge in [-0.15, -0.1) is 0 Å². The van der Waals surface area contributed by atoms with Crippen LogP contribution in [-0.2, 0) is 9.53 Å². The number of pyridine rings is 1. The van der Waals surface area contributed by atoms with Crippen LogP contribution < -0.4 is 10.1 Å². The van der Waals surface area contributed by atoms with E-state index in [9.17, 15) is 9.59 Å². The molecule has 2 aromatic rings. The maximum atomic E-state index is 12.5. The van der Waals surface area contributed by atoms with Crippen LogP contribution >= 0.6 is 0 Å². The van der Waals surface area contributed by atoms with Crippen LogP contribution in [0.25, 0.3) is 0 Å². The summed E-state index contributed by atoms with van der Waals surface area (Å²) in [5.41, 5.74) is 1.92. The van der Waals surface area contributed by atoms with Gasteiger partial charge in [0.25, 0.3) is 5.91 Å². The number of benzene rings is 1. The molecule has 0 unspecified atom stereocenters. The summed E-state index contributed by atoms with van der Waals surface area (Å²) in [7, 11) is 0. The molecule has 5 rings (SSSR count). The lowest BCUT2D eigenvalue weighted by atomic mass is 9.93. The molecule has 1 aromatic carbocycles. The van der Waals surface area contributed by atoms with E-state index in [-0.39, 0.29) is 24.1 Å². The quantitative estimate of drug-likeness (QED) is 0.756. The summed E-state index contributed by atoms with van der Waals surface area (Å²) >= 11 is 0. The predicted molar refractivity (Wildman–Crippen MR) is 123 cm³/mol. The fourth-order valence-electron chi connectivity index (χ4n) is 4.65. The number of nitrogens with zero attached hydrogens (tertiary/aromatic N) is 3. The molecule has 0 radical (unpaired) electrons. The lowest BCUT2D eigenvalue weighted by Gasteiger charge is -2.39. The maximum absolute atomic E-state index is 12.5. The zero-order valence-electron chi connectivity index (χ0n) is 18.7. The molecule has 0 saturated carbocycles. The van der Waals surface area contributed by atoms with E-state index < -0.39 is 0 Å². The van der Waals surface area contributed by atoms with E-state index in [1.54, 1.807) is 11.1 Å². The highest BCUT2D eigenvalue weighted by Crippen LogP contribution is 2.27. The molecule has 8 nitrogen and oxygen atoms in total. The lowest BCUT2D eigenvalue weighted by Crippen LogP contribution is -2.50. The third kappa shape index (κ3) is 5.11. The Hall–Kier alpha value is -3.13. The smallest absolute Gasteiger partial charge is 0.321 e. The van der Waals surface area contributed by atoms with Crippen molar-refractivity contribution < 1.29 is 19.1 Å². The first-order chi connectivity index (χ1) is 16.2. The molecule has 3 fully saturated rings. The van der Waals surface area contributed by atoms with Crippen molar-refractivity contribution in [2.45, 2.75) is 43.8 Å². The Morgan fingerprint density at radius 2 is 1.82 bits per heavy atom. The Kier molecular flexibility index (Phi) is 6.44. The van der Waals surface area contributed by atoms with Gasteiger partial charge in [-0.1, -0.05) is 6.07 Å². The first kappa shape index (κ1) is 21.7. The summed E-state index contributed by atoms with van der Waals surface area (Å²) in [6.45, 7) is 3.50. The van der Waals surface area contributed by atoms with Crippen LogP contribution in [-0.4, -0.2) is 71.7 Å². The summed E-state index contributed by atoms with van der Waals surface area (Å²) in [5.74, 6) is 1.25. The van der Waals surface area contributed by atoms with Crippen molar-refractivity contribution in [2.24, 2.45) is 0 Å². The van der Waals surface area contributed by atoms with Gasteiger partial charge in [-0.05, 0) is 48.7 Å². The number of piperidine rings is 1. The molecule has 0 aliphatic carbocycles. The van der Waals surface area contributed by atoms with E-state index in [4.69, 9.17) is 9.47 Å². The van der Waals surface area contributed by atoms with Crippen molar-refractivity contribution in [3.63, 3.8) is 0 Å². The Balaban J connectivity index is 1.05. The minimum Gasteiger partial charge on any atom is -0.490 e. The molecular weight excluding hydrogens is 420 g/mol. The number of carbonyl (C=O) groups excluding carboxylic acids is 2. The molecule has 4 heterocycles. The third-order valence-electron chi connectivity index (χ3n) is 6.69. The van der Waals surface area contributed by atoms with Gasteiger partial charge in [0.1, 0.15) is 18.0 Å². The average Bonchev–Trinajstić information content (AvgIpc) is 3.35. The van der Waals surface area contributed by atoms with E-state index in [1.165, 1.54) is 5.56 Å². The van der Waals surface area contributed by atoms with E-state index >= 15 is 0 Å². The van der Waals surface area contributed by atoms with Crippen molar-refractivity contribution in [3.8, 4) is 5.75 Å². The van der Waals surface area contributed by atoms with Crippen molar-refractivity contribution in [2.75, 3.05) is 38.1 Å². The van der Waals surface area contributed by atoms with Gasteiger partial charge in [0, 0.05) is 69.6 Å². The number of urea groups is 1. The summed E-state index contributed by atoms with van der Waals surface area (Å²) in [6.07, 6.45) is 6.89. The summed E-state index contributed by atoms with van der Waals surface area (Å²) in [4.78, 5) is 32.8. The standard InChI is InChI=1S/C25H30N4O4/c30-24(23-4-2-14-32-23)28-12-9-22(10-13-28)33-21-7-5-20(6-8-21)27-25(31)29-16-19(17-29)18-3-1-11-26-15-18/h1,3,5-8,11,15,19,22-23H,2,4,9-10,12-14,16-17H2,(H,27,31)/t23-/m1/s1. The highest BCUT2D eigenvalue weighted by atomic mass is 16.5. The van der Waals surface area contributed by atoms with Crippen LogP contribution in [0.2, 0.25) is 0 Å². The number of amides is 3. The Morgan fingerprint density at radius 3 is 2.48 bits per heavy atom. The maximum Gasteiger partial charge on any atom is 0.321 e. The number of rotatable bonds is 5. The van der Waals surface area contributed by atoms with Crippen LogP contribution in [0.4, 0.5) is 10.5 Å². The van der Waals surface area contributed by atoms with Gasteiger partial charge in [-0.25, -0.2) is 4.79 Å². The molecule has 8 heteroatoms. The molecule has 174 valence electrons. The lowest BCUT2D eigenvalue weighted by molar-refractivity contribution is -0.142. The fraction of sp³-hybridized carbons (Fsp3) is 0.480. The number of likely N-dealkylation sites (tertiary alicyclic amines) is 2. The number of hydrogen-bond acceptors (Lipinski definition) is 5. The van der Waals surface area contributed by atoms with Crippen LogP contribution in [0.3, 0.4) is 0 Å². The van der Waals surface area contributed by atoms with Gasteiger partial charge in [-0.2, -0.15) is 0 Å². The van der Waals surface area contributed by atoms with Crippen molar-refractivity contribution >= 4 is 17.6 Å². The van der Waals surface area contributed by atoms with Crippen LogP contribution in [0, 0.1) is 0 Å². The normalized spacial score (nSPS) is 21.5. The van der Waals surface area contributed by atoms with E-state index in [2.05, 4.69) is 16.4 Å². The molecule has 1 aromatic heterocycles. The monoisotopic (exact) mass is 450 g/mol. The predicted octanol–water partition coefficient (Wildman–Crippen LogP) is 3.26. The minimum absolute atomic E-state index is 0.0875. The van der Waals surface area contributed by atoms with Crippen molar-refractivity contribution in [1.82, 2.24) is 14.8 Å². The molecular formula is C25H30N4O4. The fourth-order valence-corrected chi connectivity index (χ4v) is 4.65. The van der Waals surface area contributed by atoms with Crippen LogP contribution in [0.1, 0.15) is 37.2 Å². The molecule has 1 atom stereocenters. The Morgan fingerprint density at radius 1 is 1.03 bits per heavy atom. The Labute approximate surface area is 193 Å². The second-order valence-electron chi connectivity index (χ2n) is 8.99.